The first-order valence-corrected chi connectivity index (χ1v) is 10.9. The predicted molar refractivity (Wildman–Crippen MR) is 111 cm³/mol. The average Bonchev–Trinajstić information content (AvgIpc) is 2.49. The molecule has 0 saturated heterocycles. The molecule has 136 valence electrons. The van der Waals surface area contributed by atoms with E-state index in [1.54, 1.807) is 5.57 Å². The summed E-state index contributed by atoms with van der Waals surface area (Å²) in [6.07, 6.45) is 9.46. The van der Waals surface area contributed by atoms with Crippen molar-refractivity contribution < 1.29 is 0 Å². The second-order valence-electron chi connectivity index (χ2n) is 7.38. The molecule has 23 heavy (non-hydrogen) atoms. The Morgan fingerprint density at radius 2 is 1.65 bits per heavy atom. The molecule has 0 aliphatic heterocycles. The molecule has 0 bridgehead atoms. The maximum absolute atomic E-state index is 4.33. The van der Waals surface area contributed by atoms with Gasteiger partial charge in [-0.05, 0) is 48.8 Å². The molecule has 0 aromatic carbocycles. The molecule has 0 saturated carbocycles. The molecule has 0 aliphatic rings. The molecule has 0 amide bonds. The van der Waals surface area contributed by atoms with Crippen molar-refractivity contribution in [2.24, 2.45) is 17.8 Å². The van der Waals surface area contributed by atoms with Gasteiger partial charge in [0.25, 0.3) is 0 Å². The zero-order valence-electron chi connectivity index (χ0n) is 17.0. The van der Waals surface area contributed by atoms with Crippen molar-refractivity contribution in [3.63, 3.8) is 0 Å². The van der Waals surface area contributed by atoms with Crippen LogP contribution in [0.3, 0.4) is 0 Å². The first-order valence-electron chi connectivity index (χ1n) is 9.90. The lowest BCUT2D eigenvalue weighted by Gasteiger charge is -2.25. The van der Waals surface area contributed by atoms with Crippen LogP contribution in [0.5, 0.6) is 0 Å². The van der Waals surface area contributed by atoms with Gasteiger partial charge in [-0.2, -0.15) is 0 Å². The summed E-state index contributed by atoms with van der Waals surface area (Å²) in [6.45, 7) is 20.6. The summed E-state index contributed by atoms with van der Waals surface area (Å²) in [5.74, 6) is 3.45. The van der Waals surface area contributed by atoms with E-state index in [1.165, 1.54) is 55.4 Å². The normalized spacial score (nSPS) is 15.5. The molecule has 0 fully saturated rings. The Balaban J connectivity index is 4.87. The van der Waals surface area contributed by atoms with Crippen LogP contribution >= 0.6 is 11.8 Å². The van der Waals surface area contributed by atoms with Gasteiger partial charge in [0.05, 0.1) is 0 Å². The Morgan fingerprint density at radius 1 is 1.00 bits per heavy atom. The highest BCUT2D eigenvalue weighted by molar-refractivity contribution is 8.03. The van der Waals surface area contributed by atoms with Crippen molar-refractivity contribution in [1.29, 1.82) is 0 Å². The zero-order chi connectivity index (χ0) is 17.8. The maximum atomic E-state index is 4.33. The minimum atomic E-state index is 0.587. The summed E-state index contributed by atoms with van der Waals surface area (Å²) in [6, 6.07) is 0. The molecule has 0 heterocycles. The molecule has 0 nitrogen and oxygen atoms in total. The quantitative estimate of drug-likeness (QED) is 0.240. The van der Waals surface area contributed by atoms with Gasteiger partial charge in [-0.1, -0.05) is 85.8 Å². The third-order valence-electron chi connectivity index (χ3n) is 5.17. The summed E-state index contributed by atoms with van der Waals surface area (Å²) in [5, 5.41) is 0. The molecule has 0 aromatic heterocycles. The molecule has 0 N–H and O–H groups in total. The molecule has 0 rings (SSSR count). The molecule has 2 unspecified atom stereocenters. The van der Waals surface area contributed by atoms with Gasteiger partial charge in [0.15, 0.2) is 0 Å². The fourth-order valence-electron chi connectivity index (χ4n) is 3.54. The fraction of sp³-hybridized carbons (Fsp3) is 0.818. The standard InChI is InChI=1S/C22H42S/c1-9-12-13-14-21(18(6)10-2)16-15-19(7)22(17(4)5)20(8)23-11-3/h17-18,21H,8-16H2,1-7H3/b22-19-. The number of allylic oxidation sites excluding steroid dienone is 2. The van der Waals surface area contributed by atoms with E-state index in [2.05, 4.69) is 55.0 Å². The Kier molecular flexibility index (Phi) is 13.1. The van der Waals surface area contributed by atoms with Gasteiger partial charge in [0, 0.05) is 4.91 Å². The molecule has 1 heteroatoms. The minimum Gasteiger partial charge on any atom is -0.127 e. The highest BCUT2D eigenvalue weighted by atomic mass is 32.2. The van der Waals surface area contributed by atoms with Crippen LogP contribution in [-0.4, -0.2) is 5.75 Å². The van der Waals surface area contributed by atoms with Crippen molar-refractivity contribution in [2.45, 2.75) is 93.4 Å². The smallest absolute Gasteiger partial charge is 0.00340 e. The fourth-order valence-corrected chi connectivity index (χ4v) is 4.46. The molecule has 0 radical (unpaired) electrons. The lowest BCUT2D eigenvalue weighted by Crippen LogP contribution is -2.12. The van der Waals surface area contributed by atoms with Gasteiger partial charge in [0.2, 0.25) is 0 Å². The van der Waals surface area contributed by atoms with Crippen molar-refractivity contribution in [3.8, 4) is 0 Å². The molecular weight excluding hydrogens is 296 g/mol. The second kappa shape index (κ2) is 13.2. The summed E-state index contributed by atoms with van der Waals surface area (Å²) >= 11 is 1.91. The average molecular weight is 339 g/mol. The highest BCUT2D eigenvalue weighted by Gasteiger charge is 2.17. The van der Waals surface area contributed by atoms with E-state index in [0.717, 1.165) is 17.6 Å². The first-order chi connectivity index (χ1) is 10.9. The van der Waals surface area contributed by atoms with E-state index in [0.29, 0.717) is 5.92 Å². The second-order valence-corrected chi connectivity index (χ2v) is 8.74. The monoisotopic (exact) mass is 338 g/mol. The number of hydrogen-bond acceptors (Lipinski definition) is 1. The summed E-state index contributed by atoms with van der Waals surface area (Å²) in [4.78, 5) is 1.30. The number of hydrogen-bond donors (Lipinski definition) is 0. The SMILES string of the molecule is C=C(SCC)/C(=C(/C)CCC(CCCCC)C(C)CC)C(C)C. The zero-order valence-corrected chi connectivity index (χ0v) is 17.8. The predicted octanol–water partition coefficient (Wildman–Crippen LogP) is 8.25. The van der Waals surface area contributed by atoms with Gasteiger partial charge >= 0.3 is 0 Å². The van der Waals surface area contributed by atoms with Crippen molar-refractivity contribution in [1.82, 2.24) is 0 Å². The van der Waals surface area contributed by atoms with E-state index >= 15 is 0 Å². The number of rotatable bonds is 13. The van der Waals surface area contributed by atoms with Gasteiger partial charge in [-0.25, -0.2) is 0 Å². The minimum absolute atomic E-state index is 0.587. The van der Waals surface area contributed by atoms with Crippen LogP contribution < -0.4 is 0 Å². The molecule has 0 aliphatic carbocycles. The van der Waals surface area contributed by atoms with Crippen LogP contribution in [0.2, 0.25) is 0 Å². The van der Waals surface area contributed by atoms with Gasteiger partial charge < -0.3 is 0 Å². The van der Waals surface area contributed by atoms with Crippen molar-refractivity contribution in [2.75, 3.05) is 5.75 Å². The van der Waals surface area contributed by atoms with Crippen LogP contribution in [0.15, 0.2) is 22.6 Å². The van der Waals surface area contributed by atoms with Crippen molar-refractivity contribution >= 4 is 11.8 Å². The lowest BCUT2D eigenvalue weighted by molar-refractivity contribution is 0.298. The van der Waals surface area contributed by atoms with E-state index in [9.17, 15) is 0 Å². The Hall–Kier alpha value is -0.170. The summed E-state index contributed by atoms with van der Waals surface area (Å²) < 4.78 is 0. The largest absolute Gasteiger partial charge is 0.127 e. The van der Waals surface area contributed by atoms with Crippen LogP contribution in [0.1, 0.15) is 93.4 Å². The first kappa shape index (κ1) is 22.8. The molecule has 2 atom stereocenters. The molecule has 0 spiro atoms. The number of thioether (sulfide) groups is 1. The topological polar surface area (TPSA) is 0 Å². The Bertz CT molecular complexity index is 351. The van der Waals surface area contributed by atoms with Crippen LogP contribution in [-0.2, 0) is 0 Å². The maximum Gasteiger partial charge on any atom is 0.00340 e. The van der Waals surface area contributed by atoms with E-state index in [-0.39, 0.29) is 0 Å². The molecular formula is C22H42S. The lowest BCUT2D eigenvalue weighted by atomic mass is 9.82. The Morgan fingerprint density at radius 3 is 2.13 bits per heavy atom. The summed E-state index contributed by atoms with van der Waals surface area (Å²) in [7, 11) is 0. The highest BCUT2D eigenvalue weighted by Crippen LogP contribution is 2.34. The van der Waals surface area contributed by atoms with Crippen LogP contribution in [0, 0.1) is 17.8 Å². The Labute approximate surface area is 151 Å². The summed E-state index contributed by atoms with van der Waals surface area (Å²) in [5.41, 5.74) is 3.10. The van der Waals surface area contributed by atoms with Gasteiger partial charge in [-0.15, -0.1) is 11.8 Å². The van der Waals surface area contributed by atoms with Crippen molar-refractivity contribution in [3.05, 3.63) is 22.6 Å². The van der Waals surface area contributed by atoms with E-state index in [4.69, 9.17) is 0 Å². The van der Waals surface area contributed by atoms with Crippen LogP contribution in [0.25, 0.3) is 0 Å². The third-order valence-corrected chi connectivity index (χ3v) is 6.03. The van der Waals surface area contributed by atoms with Crippen LogP contribution in [0.4, 0.5) is 0 Å². The van der Waals surface area contributed by atoms with E-state index < -0.39 is 0 Å². The van der Waals surface area contributed by atoms with E-state index in [1.807, 2.05) is 11.8 Å². The van der Waals surface area contributed by atoms with Gasteiger partial charge in [-0.3, -0.25) is 0 Å². The third kappa shape index (κ3) is 9.03. The molecule has 0 aromatic rings. The van der Waals surface area contributed by atoms with Gasteiger partial charge in [0.1, 0.15) is 0 Å². The number of unbranched alkanes of at least 4 members (excludes halogenated alkanes) is 2.